The third-order valence-corrected chi connectivity index (χ3v) is 4.16. The van der Waals surface area contributed by atoms with E-state index in [0.717, 1.165) is 24.6 Å². The number of benzene rings is 1. The fourth-order valence-corrected chi connectivity index (χ4v) is 3.11. The zero-order valence-electron chi connectivity index (χ0n) is 12.2. The fraction of sp³-hybridized carbons (Fsp3) is 0.353. The number of fused-ring (bicyclic) bond motifs is 1. The molecule has 1 atom stereocenters. The van der Waals surface area contributed by atoms with E-state index in [1.807, 2.05) is 24.3 Å². The normalized spacial score (nSPS) is 18.4. The summed E-state index contributed by atoms with van der Waals surface area (Å²) >= 11 is 0. The Morgan fingerprint density at radius 2 is 2.05 bits per heavy atom. The minimum atomic E-state index is -0.860. The highest BCUT2D eigenvalue weighted by Gasteiger charge is 2.29. The first-order valence-electron chi connectivity index (χ1n) is 7.53. The van der Waals surface area contributed by atoms with Crippen molar-refractivity contribution >= 4 is 22.8 Å². The van der Waals surface area contributed by atoms with Gasteiger partial charge in [0.25, 0.3) is 5.91 Å². The van der Waals surface area contributed by atoms with Gasteiger partial charge in [-0.05, 0) is 31.4 Å². The van der Waals surface area contributed by atoms with Crippen molar-refractivity contribution in [1.82, 2.24) is 9.88 Å². The van der Waals surface area contributed by atoms with Crippen molar-refractivity contribution in [3.8, 4) is 0 Å². The van der Waals surface area contributed by atoms with Gasteiger partial charge in [0.05, 0.1) is 17.5 Å². The van der Waals surface area contributed by atoms with Crippen LogP contribution in [0.4, 0.5) is 0 Å². The minimum absolute atomic E-state index is 0.00390. The lowest BCUT2D eigenvalue weighted by Crippen LogP contribution is -2.44. The standard InChI is InChI=1S/C17H18N2O3/c20-15(21)11-13-7-1-2-10-19(13)17(22)14-8-3-5-12-6-4-9-18-16(12)14/h3-6,8-9,13H,1-2,7,10-11H2,(H,20,21). The lowest BCUT2D eigenvalue weighted by atomic mass is 9.97. The number of rotatable bonds is 3. The van der Waals surface area contributed by atoms with E-state index in [9.17, 15) is 9.59 Å². The van der Waals surface area contributed by atoms with Crippen LogP contribution in [0.15, 0.2) is 36.5 Å². The summed E-state index contributed by atoms with van der Waals surface area (Å²) in [5.41, 5.74) is 1.23. The highest BCUT2D eigenvalue weighted by Crippen LogP contribution is 2.24. The second-order valence-electron chi connectivity index (χ2n) is 5.63. The number of likely N-dealkylation sites (tertiary alicyclic amines) is 1. The summed E-state index contributed by atoms with van der Waals surface area (Å²) in [7, 11) is 0. The molecule has 2 aromatic rings. The van der Waals surface area contributed by atoms with E-state index in [4.69, 9.17) is 5.11 Å². The average Bonchev–Trinajstić information content (AvgIpc) is 2.54. The Balaban J connectivity index is 1.95. The van der Waals surface area contributed by atoms with E-state index in [2.05, 4.69) is 4.98 Å². The van der Waals surface area contributed by atoms with Crippen LogP contribution in [-0.2, 0) is 4.79 Å². The molecule has 22 heavy (non-hydrogen) atoms. The summed E-state index contributed by atoms with van der Waals surface area (Å²) in [5.74, 6) is -0.976. The minimum Gasteiger partial charge on any atom is -0.481 e. The third kappa shape index (κ3) is 2.79. The number of aromatic nitrogens is 1. The van der Waals surface area contributed by atoms with Crippen LogP contribution < -0.4 is 0 Å². The number of carbonyl (C=O) groups is 2. The van der Waals surface area contributed by atoms with Crippen molar-refractivity contribution in [2.75, 3.05) is 6.54 Å². The van der Waals surface area contributed by atoms with Crippen molar-refractivity contribution in [2.24, 2.45) is 0 Å². The fourth-order valence-electron chi connectivity index (χ4n) is 3.11. The van der Waals surface area contributed by atoms with Gasteiger partial charge in [-0.15, -0.1) is 0 Å². The Bertz CT molecular complexity index is 709. The largest absolute Gasteiger partial charge is 0.481 e. The molecule has 1 unspecified atom stereocenters. The first-order chi connectivity index (χ1) is 10.7. The molecule has 5 nitrogen and oxygen atoms in total. The molecule has 1 fully saturated rings. The quantitative estimate of drug-likeness (QED) is 0.945. The maximum Gasteiger partial charge on any atom is 0.305 e. The van der Waals surface area contributed by atoms with E-state index >= 15 is 0 Å². The number of pyridine rings is 1. The highest BCUT2D eigenvalue weighted by molar-refractivity contribution is 6.05. The van der Waals surface area contributed by atoms with Crippen LogP contribution >= 0.6 is 0 Å². The van der Waals surface area contributed by atoms with E-state index in [0.29, 0.717) is 17.6 Å². The molecule has 2 heterocycles. The molecule has 5 heteroatoms. The average molecular weight is 298 g/mol. The Labute approximate surface area is 128 Å². The summed E-state index contributed by atoms with van der Waals surface area (Å²) in [6.07, 6.45) is 4.31. The molecular weight excluding hydrogens is 280 g/mol. The number of hydrogen-bond donors (Lipinski definition) is 1. The molecule has 1 saturated heterocycles. The monoisotopic (exact) mass is 298 g/mol. The van der Waals surface area contributed by atoms with Gasteiger partial charge in [0.15, 0.2) is 0 Å². The number of carbonyl (C=O) groups excluding carboxylic acids is 1. The summed E-state index contributed by atoms with van der Waals surface area (Å²) in [4.78, 5) is 30.0. The molecule has 114 valence electrons. The van der Waals surface area contributed by atoms with Gasteiger partial charge in [0.1, 0.15) is 0 Å². The molecule has 0 radical (unpaired) electrons. The third-order valence-electron chi connectivity index (χ3n) is 4.16. The van der Waals surface area contributed by atoms with Gasteiger partial charge in [-0.25, -0.2) is 0 Å². The van der Waals surface area contributed by atoms with Crippen molar-refractivity contribution in [3.05, 3.63) is 42.1 Å². The Hall–Kier alpha value is -2.43. The first-order valence-corrected chi connectivity index (χ1v) is 7.53. The van der Waals surface area contributed by atoms with Crippen LogP contribution in [-0.4, -0.2) is 39.5 Å². The maximum absolute atomic E-state index is 12.9. The predicted octanol–water partition coefficient (Wildman–Crippen LogP) is 2.70. The van der Waals surface area contributed by atoms with Crippen LogP contribution in [0.1, 0.15) is 36.0 Å². The van der Waals surface area contributed by atoms with Crippen molar-refractivity contribution in [3.63, 3.8) is 0 Å². The van der Waals surface area contributed by atoms with Crippen molar-refractivity contribution in [2.45, 2.75) is 31.7 Å². The van der Waals surface area contributed by atoms with Gasteiger partial charge in [0.2, 0.25) is 0 Å². The first kappa shape index (κ1) is 14.5. The second-order valence-corrected chi connectivity index (χ2v) is 5.63. The molecule has 1 N–H and O–H groups in total. The number of piperidine rings is 1. The number of aliphatic carboxylic acids is 1. The van der Waals surface area contributed by atoms with E-state index in [-0.39, 0.29) is 18.4 Å². The molecule has 1 aromatic carbocycles. The lowest BCUT2D eigenvalue weighted by molar-refractivity contribution is -0.138. The lowest BCUT2D eigenvalue weighted by Gasteiger charge is -2.35. The van der Waals surface area contributed by atoms with Gasteiger partial charge in [-0.2, -0.15) is 0 Å². The molecule has 1 aliphatic rings. The molecular formula is C17H18N2O3. The molecule has 0 bridgehead atoms. The zero-order valence-corrected chi connectivity index (χ0v) is 12.2. The summed E-state index contributed by atoms with van der Waals surface area (Å²) in [6.45, 7) is 0.611. The summed E-state index contributed by atoms with van der Waals surface area (Å²) < 4.78 is 0. The molecule has 0 spiro atoms. The smallest absolute Gasteiger partial charge is 0.305 e. The van der Waals surface area contributed by atoms with E-state index < -0.39 is 5.97 Å². The predicted molar refractivity (Wildman–Crippen MR) is 82.7 cm³/mol. The molecule has 0 saturated carbocycles. The molecule has 3 rings (SSSR count). The van der Waals surface area contributed by atoms with Gasteiger partial charge in [-0.1, -0.05) is 18.2 Å². The molecule has 1 aromatic heterocycles. The molecule has 0 aliphatic carbocycles. The highest BCUT2D eigenvalue weighted by atomic mass is 16.4. The van der Waals surface area contributed by atoms with Crippen molar-refractivity contribution in [1.29, 1.82) is 0 Å². The van der Waals surface area contributed by atoms with Crippen LogP contribution in [0.2, 0.25) is 0 Å². The topological polar surface area (TPSA) is 70.5 Å². The van der Waals surface area contributed by atoms with Crippen LogP contribution in [0.25, 0.3) is 10.9 Å². The number of amides is 1. The zero-order chi connectivity index (χ0) is 15.5. The van der Waals surface area contributed by atoms with Crippen LogP contribution in [0.3, 0.4) is 0 Å². The van der Waals surface area contributed by atoms with E-state index in [1.54, 1.807) is 17.2 Å². The number of nitrogens with zero attached hydrogens (tertiary/aromatic N) is 2. The summed E-state index contributed by atoms with van der Waals surface area (Å²) in [6, 6.07) is 9.06. The van der Waals surface area contributed by atoms with Gasteiger partial charge in [-0.3, -0.25) is 14.6 Å². The summed E-state index contributed by atoms with van der Waals surface area (Å²) in [5, 5.41) is 9.97. The van der Waals surface area contributed by atoms with Gasteiger partial charge in [0, 0.05) is 24.2 Å². The number of carboxylic acid groups (broad SMARTS) is 1. The SMILES string of the molecule is O=C(O)CC1CCCCN1C(=O)c1cccc2cccnc12. The number of carboxylic acids is 1. The van der Waals surface area contributed by atoms with Gasteiger partial charge < -0.3 is 10.0 Å². The second kappa shape index (κ2) is 6.13. The molecule has 1 aliphatic heterocycles. The number of hydrogen-bond acceptors (Lipinski definition) is 3. The van der Waals surface area contributed by atoms with Crippen LogP contribution in [0, 0.1) is 0 Å². The van der Waals surface area contributed by atoms with Gasteiger partial charge >= 0.3 is 5.97 Å². The maximum atomic E-state index is 12.9. The van der Waals surface area contributed by atoms with Crippen molar-refractivity contribution < 1.29 is 14.7 Å². The molecule has 1 amide bonds. The number of para-hydroxylation sites is 1. The Morgan fingerprint density at radius 1 is 1.23 bits per heavy atom. The Kier molecular flexibility index (Phi) is 4.04. The Morgan fingerprint density at radius 3 is 2.86 bits per heavy atom. The van der Waals surface area contributed by atoms with E-state index in [1.165, 1.54) is 0 Å². The van der Waals surface area contributed by atoms with Crippen LogP contribution in [0.5, 0.6) is 0 Å².